The minimum atomic E-state index is -4.77. The fourth-order valence-electron chi connectivity index (χ4n) is 5.29. The van der Waals surface area contributed by atoms with Crippen LogP contribution in [0.25, 0.3) is 11.1 Å². The summed E-state index contributed by atoms with van der Waals surface area (Å²) in [7, 11) is 1.81. The average molecular weight is 602 g/mol. The number of likely N-dealkylation sites (tertiary alicyclic amines) is 1. The molecule has 212 valence electrons. The normalized spacial score (nSPS) is 17.3. The van der Waals surface area contributed by atoms with Crippen LogP contribution in [0.2, 0.25) is 10.0 Å². The van der Waals surface area contributed by atoms with Gasteiger partial charge in [-0.3, -0.25) is 14.7 Å². The van der Waals surface area contributed by atoms with Crippen molar-refractivity contribution in [3.63, 3.8) is 0 Å². The maximum atomic E-state index is 14.3. The van der Waals surface area contributed by atoms with Crippen molar-refractivity contribution in [1.29, 1.82) is 0 Å². The van der Waals surface area contributed by atoms with E-state index in [1.54, 1.807) is 41.6 Å². The molecule has 1 aliphatic rings. The number of carbonyl (C=O) groups is 1. The molecule has 2 heterocycles. The Hall–Kier alpha value is -3.46. The van der Waals surface area contributed by atoms with Crippen LogP contribution in [0.1, 0.15) is 33.0 Å². The Morgan fingerprint density at radius 3 is 2.24 bits per heavy atom. The van der Waals surface area contributed by atoms with Crippen molar-refractivity contribution in [2.24, 2.45) is 0 Å². The summed E-state index contributed by atoms with van der Waals surface area (Å²) < 4.78 is 53.4. The van der Waals surface area contributed by atoms with Crippen LogP contribution >= 0.6 is 23.2 Å². The molecule has 41 heavy (non-hydrogen) atoms. The van der Waals surface area contributed by atoms with Crippen molar-refractivity contribution in [3.8, 4) is 11.1 Å². The van der Waals surface area contributed by atoms with Gasteiger partial charge in [-0.2, -0.15) is 13.2 Å². The third-order valence-electron chi connectivity index (χ3n) is 7.43. The minimum Gasteiger partial charge on any atom is -0.336 e. The lowest BCUT2D eigenvalue weighted by atomic mass is 9.93. The number of nitrogens with zero attached hydrogens (tertiary/aromatic N) is 3. The van der Waals surface area contributed by atoms with Crippen LogP contribution in [0.3, 0.4) is 0 Å². The van der Waals surface area contributed by atoms with E-state index in [1.807, 2.05) is 42.3 Å². The number of carbonyl (C=O) groups excluding carboxylic acids is 1. The van der Waals surface area contributed by atoms with Gasteiger partial charge in [-0.15, -0.1) is 0 Å². The molecule has 0 aliphatic carbocycles. The zero-order valence-electron chi connectivity index (χ0n) is 21.9. The van der Waals surface area contributed by atoms with Gasteiger partial charge >= 0.3 is 6.18 Å². The highest BCUT2D eigenvalue weighted by Crippen LogP contribution is 2.36. The van der Waals surface area contributed by atoms with Crippen molar-refractivity contribution in [3.05, 3.63) is 123 Å². The lowest BCUT2D eigenvalue weighted by molar-refractivity contribution is -0.140. The number of likely N-dealkylation sites (N-methyl/N-ethyl adjacent to an activating group) is 1. The standard InChI is InChI=1S/C31H25Cl2F4N3O/c1-39(16-19-2-8-25(28(34)14-19)31(35,36)37)29-18-40(17-24(29)23-7-9-26(32)27(33)15-23)30(41)22-5-3-20(4-6-22)21-10-12-38-13-11-21/h2-15,24,29H,16-18H2,1H3/t24-,29?/m1/s1. The third kappa shape index (κ3) is 6.40. The van der Waals surface area contributed by atoms with Crippen molar-refractivity contribution in [2.75, 3.05) is 20.1 Å². The van der Waals surface area contributed by atoms with Crippen LogP contribution in [-0.4, -0.2) is 46.9 Å². The lowest BCUT2D eigenvalue weighted by Crippen LogP contribution is -2.38. The molecule has 1 saturated heterocycles. The van der Waals surface area contributed by atoms with Gasteiger partial charge in [0.25, 0.3) is 5.91 Å². The number of rotatable bonds is 6. The summed E-state index contributed by atoms with van der Waals surface area (Å²) in [6.07, 6.45) is -1.36. The smallest absolute Gasteiger partial charge is 0.336 e. The zero-order valence-corrected chi connectivity index (χ0v) is 23.4. The van der Waals surface area contributed by atoms with E-state index in [0.29, 0.717) is 34.3 Å². The van der Waals surface area contributed by atoms with Crippen molar-refractivity contribution in [2.45, 2.75) is 24.7 Å². The van der Waals surface area contributed by atoms with E-state index in [2.05, 4.69) is 4.98 Å². The fraction of sp³-hybridized carbons (Fsp3) is 0.226. The largest absolute Gasteiger partial charge is 0.419 e. The number of halogens is 6. The topological polar surface area (TPSA) is 36.4 Å². The molecule has 0 radical (unpaired) electrons. The van der Waals surface area contributed by atoms with Crippen LogP contribution < -0.4 is 0 Å². The Kier molecular flexibility index (Phi) is 8.36. The first-order valence-electron chi connectivity index (χ1n) is 12.8. The number of alkyl halides is 3. The van der Waals surface area contributed by atoms with Crippen molar-refractivity contribution >= 4 is 29.1 Å². The molecule has 0 bridgehead atoms. The molecular weight excluding hydrogens is 577 g/mol. The van der Waals surface area contributed by atoms with Gasteiger partial charge in [0.05, 0.1) is 15.6 Å². The molecule has 1 amide bonds. The molecule has 4 nitrogen and oxygen atoms in total. The predicted octanol–water partition coefficient (Wildman–Crippen LogP) is 7.95. The number of aromatic nitrogens is 1. The molecular formula is C31H25Cl2F4N3O. The summed E-state index contributed by atoms with van der Waals surface area (Å²) in [4.78, 5) is 21.3. The second-order valence-corrected chi connectivity index (χ2v) is 10.9. The highest BCUT2D eigenvalue weighted by Gasteiger charge is 2.39. The summed E-state index contributed by atoms with van der Waals surface area (Å²) in [5, 5.41) is 0.785. The molecule has 1 aliphatic heterocycles. The Balaban J connectivity index is 1.39. The van der Waals surface area contributed by atoms with Crippen LogP contribution in [-0.2, 0) is 12.7 Å². The SMILES string of the molecule is CN(Cc1ccc(C(F)(F)F)c(F)c1)C1CN(C(=O)c2ccc(-c3ccncc3)cc2)C[C@@H]1c1ccc(Cl)c(Cl)c1. The molecule has 0 spiro atoms. The fourth-order valence-corrected chi connectivity index (χ4v) is 5.60. The molecule has 10 heteroatoms. The Labute approximate surface area is 245 Å². The minimum absolute atomic E-state index is 0.146. The molecule has 4 aromatic rings. The molecule has 3 aromatic carbocycles. The number of pyridine rings is 1. The third-order valence-corrected chi connectivity index (χ3v) is 8.17. The number of hydrogen-bond acceptors (Lipinski definition) is 3. The summed E-state index contributed by atoms with van der Waals surface area (Å²) in [6.45, 7) is 0.926. The van der Waals surface area contributed by atoms with Gasteiger partial charge in [0, 0.05) is 49.6 Å². The number of amides is 1. The number of hydrogen-bond donors (Lipinski definition) is 0. The molecule has 1 aromatic heterocycles. The van der Waals surface area contributed by atoms with Crippen LogP contribution in [0.4, 0.5) is 17.6 Å². The Bertz CT molecular complexity index is 1550. The summed E-state index contributed by atoms with van der Waals surface area (Å²) in [5.74, 6) is -1.63. The van der Waals surface area contributed by atoms with Crippen molar-refractivity contribution in [1.82, 2.24) is 14.8 Å². The molecule has 1 fully saturated rings. The Morgan fingerprint density at radius 2 is 1.61 bits per heavy atom. The van der Waals surface area contributed by atoms with Crippen LogP contribution in [0, 0.1) is 5.82 Å². The van der Waals surface area contributed by atoms with E-state index in [0.717, 1.165) is 28.8 Å². The predicted molar refractivity (Wildman–Crippen MR) is 151 cm³/mol. The highest BCUT2D eigenvalue weighted by molar-refractivity contribution is 6.42. The van der Waals surface area contributed by atoms with Gasteiger partial charge in [0.1, 0.15) is 5.82 Å². The molecule has 0 saturated carbocycles. The maximum absolute atomic E-state index is 14.3. The summed E-state index contributed by atoms with van der Waals surface area (Å²) >= 11 is 12.5. The zero-order chi connectivity index (χ0) is 29.3. The van der Waals surface area contributed by atoms with Gasteiger partial charge in [0.2, 0.25) is 0 Å². The first-order chi connectivity index (χ1) is 19.5. The second-order valence-electron chi connectivity index (χ2n) is 10.1. The summed E-state index contributed by atoms with van der Waals surface area (Å²) in [6, 6.07) is 19.2. The maximum Gasteiger partial charge on any atom is 0.419 e. The monoisotopic (exact) mass is 601 g/mol. The van der Waals surface area contributed by atoms with Gasteiger partial charge in [-0.05, 0) is 77.8 Å². The highest BCUT2D eigenvalue weighted by atomic mass is 35.5. The van der Waals surface area contributed by atoms with Gasteiger partial charge in [0.15, 0.2) is 0 Å². The van der Waals surface area contributed by atoms with E-state index in [4.69, 9.17) is 23.2 Å². The Morgan fingerprint density at radius 1 is 0.927 bits per heavy atom. The van der Waals surface area contributed by atoms with E-state index < -0.39 is 17.6 Å². The van der Waals surface area contributed by atoms with Gasteiger partial charge in [-0.1, -0.05) is 47.5 Å². The van der Waals surface area contributed by atoms with E-state index in [1.165, 1.54) is 6.07 Å². The van der Waals surface area contributed by atoms with E-state index in [9.17, 15) is 22.4 Å². The molecule has 0 N–H and O–H groups in total. The quantitative estimate of drug-likeness (QED) is 0.210. The van der Waals surface area contributed by atoms with E-state index >= 15 is 0 Å². The average Bonchev–Trinajstić information content (AvgIpc) is 3.40. The van der Waals surface area contributed by atoms with Crippen LogP contribution in [0.15, 0.2) is 85.2 Å². The van der Waals surface area contributed by atoms with Gasteiger partial charge < -0.3 is 4.90 Å². The van der Waals surface area contributed by atoms with Gasteiger partial charge in [-0.25, -0.2) is 4.39 Å². The first kappa shape index (κ1) is 29.0. The van der Waals surface area contributed by atoms with E-state index in [-0.39, 0.29) is 24.4 Å². The lowest BCUT2D eigenvalue weighted by Gasteiger charge is -2.29. The molecule has 1 unspecified atom stereocenters. The molecule has 5 rings (SSSR count). The first-order valence-corrected chi connectivity index (χ1v) is 13.6. The van der Waals surface area contributed by atoms with Crippen molar-refractivity contribution < 1.29 is 22.4 Å². The second kappa shape index (κ2) is 11.8. The number of benzene rings is 3. The summed E-state index contributed by atoms with van der Waals surface area (Å²) in [5.41, 5.74) is 2.44. The molecule has 2 atom stereocenters. The van der Waals surface area contributed by atoms with Crippen LogP contribution in [0.5, 0.6) is 0 Å².